The molecule has 2 aromatic rings. The van der Waals surface area contributed by atoms with Crippen molar-refractivity contribution < 1.29 is 18.1 Å². The summed E-state index contributed by atoms with van der Waals surface area (Å²) in [4.78, 5) is 10.1. The fraction of sp³-hybridized carbons (Fsp3) is 0.0769. The van der Waals surface area contributed by atoms with Crippen LogP contribution in [0.25, 0.3) is 0 Å². The van der Waals surface area contributed by atoms with E-state index in [1.165, 1.54) is 0 Å². The van der Waals surface area contributed by atoms with Gasteiger partial charge in [-0.2, -0.15) is 13.2 Å². The number of nitro benzene ring substituents is 1. The quantitative estimate of drug-likeness (QED) is 0.639. The average molecular weight is 317 g/mol. The first-order valence-corrected chi connectivity index (χ1v) is 6.04. The lowest BCUT2D eigenvalue weighted by atomic mass is 10.1. The van der Waals surface area contributed by atoms with Gasteiger partial charge in [0.25, 0.3) is 5.69 Å². The second kappa shape index (κ2) is 5.61. The summed E-state index contributed by atoms with van der Waals surface area (Å²) in [5.41, 5.74) is -1.47. The molecule has 0 atom stereocenters. The number of hydrogen-bond acceptors (Lipinski definition) is 3. The Morgan fingerprint density at radius 2 is 1.76 bits per heavy atom. The van der Waals surface area contributed by atoms with Gasteiger partial charge in [0, 0.05) is 6.07 Å². The molecule has 8 heteroatoms. The topological polar surface area (TPSA) is 55.2 Å². The molecule has 0 aliphatic rings. The number of halogens is 4. The smallest absolute Gasteiger partial charge is 0.349 e. The molecule has 0 heterocycles. The largest absolute Gasteiger partial charge is 0.416 e. The molecule has 2 aromatic carbocycles. The molecule has 0 unspecified atom stereocenters. The average Bonchev–Trinajstić information content (AvgIpc) is 2.40. The highest BCUT2D eigenvalue weighted by molar-refractivity contribution is 6.33. The zero-order valence-corrected chi connectivity index (χ0v) is 11.1. The molecule has 0 saturated carbocycles. The maximum absolute atomic E-state index is 12.6. The van der Waals surface area contributed by atoms with Crippen LogP contribution in [0.3, 0.4) is 0 Å². The summed E-state index contributed by atoms with van der Waals surface area (Å²) in [5.74, 6) is 0. The summed E-state index contributed by atoms with van der Waals surface area (Å²) >= 11 is 5.90. The number of nitrogens with zero attached hydrogens (tertiary/aromatic N) is 1. The zero-order chi connectivity index (χ0) is 15.6. The molecule has 0 radical (unpaired) electrons. The van der Waals surface area contributed by atoms with Crippen molar-refractivity contribution in [3.8, 4) is 0 Å². The zero-order valence-electron chi connectivity index (χ0n) is 10.3. The van der Waals surface area contributed by atoms with E-state index in [0.717, 1.165) is 12.1 Å². The molecule has 0 aromatic heterocycles. The minimum Gasteiger partial charge on any atom is -0.349 e. The summed E-state index contributed by atoms with van der Waals surface area (Å²) < 4.78 is 37.8. The SMILES string of the molecule is O=[N+]([O-])c1cc(C(F)(F)F)ccc1Nc1ccccc1Cl. The molecule has 110 valence electrons. The number of nitrogens with one attached hydrogen (secondary N) is 1. The fourth-order valence-electron chi connectivity index (χ4n) is 1.67. The third-order valence-corrected chi connectivity index (χ3v) is 2.99. The molecule has 0 aliphatic heterocycles. The third-order valence-electron chi connectivity index (χ3n) is 2.66. The van der Waals surface area contributed by atoms with Crippen LogP contribution in [-0.4, -0.2) is 4.92 Å². The van der Waals surface area contributed by atoms with Crippen LogP contribution >= 0.6 is 11.6 Å². The Bertz CT molecular complexity index is 689. The lowest BCUT2D eigenvalue weighted by Crippen LogP contribution is -2.06. The number of anilines is 2. The van der Waals surface area contributed by atoms with E-state index >= 15 is 0 Å². The summed E-state index contributed by atoms with van der Waals surface area (Å²) in [6.45, 7) is 0. The van der Waals surface area contributed by atoms with E-state index in [4.69, 9.17) is 11.6 Å². The van der Waals surface area contributed by atoms with Crippen LogP contribution in [0.2, 0.25) is 5.02 Å². The fourth-order valence-corrected chi connectivity index (χ4v) is 1.86. The van der Waals surface area contributed by atoms with Crippen LogP contribution in [-0.2, 0) is 6.18 Å². The molecule has 21 heavy (non-hydrogen) atoms. The van der Waals surface area contributed by atoms with Crippen LogP contribution < -0.4 is 5.32 Å². The Labute approximate surface area is 122 Å². The predicted molar refractivity (Wildman–Crippen MR) is 72.8 cm³/mol. The highest BCUT2D eigenvalue weighted by Gasteiger charge is 2.33. The van der Waals surface area contributed by atoms with Gasteiger partial charge in [-0.25, -0.2) is 0 Å². The molecular formula is C13H8ClF3N2O2. The number of nitro groups is 1. The minimum atomic E-state index is -4.65. The van der Waals surface area contributed by atoms with E-state index in [9.17, 15) is 23.3 Å². The van der Waals surface area contributed by atoms with E-state index in [-0.39, 0.29) is 5.69 Å². The lowest BCUT2D eigenvalue weighted by Gasteiger charge is -2.11. The maximum atomic E-state index is 12.6. The molecule has 0 aliphatic carbocycles. The number of alkyl halides is 3. The van der Waals surface area contributed by atoms with Gasteiger partial charge in [0.1, 0.15) is 5.69 Å². The molecule has 0 amide bonds. The van der Waals surface area contributed by atoms with Gasteiger partial charge in [0.15, 0.2) is 0 Å². The van der Waals surface area contributed by atoms with Crippen molar-refractivity contribution in [2.75, 3.05) is 5.32 Å². The molecule has 4 nitrogen and oxygen atoms in total. The predicted octanol–water partition coefficient (Wildman–Crippen LogP) is 5.01. The van der Waals surface area contributed by atoms with Gasteiger partial charge in [0.2, 0.25) is 0 Å². The maximum Gasteiger partial charge on any atom is 0.416 e. The first-order valence-electron chi connectivity index (χ1n) is 5.66. The molecule has 1 N–H and O–H groups in total. The van der Waals surface area contributed by atoms with Gasteiger partial charge in [0.05, 0.1) is 21.2 Å². The van der Waals surface area contributed by atoms with Crippen LogP contribution in [0.1, 0.15) is 5.56 Å². The van der Waals surface area contributed by atoms with Gasteiger partial charge in [-0.1, -0.05) is 23.7 Å². The molecular weight excluding hydrogens is 309 g/mol. The van der Waals surface area contributed by atoms with Gasteiger partial charge in [-0.05, 0) is 24.3 Å². The van der Waals surface area contributed by atoms with E-state index in [1.807, 2.05) is 0 Å². The normalized spacial score (nSPS) is 11.2. The van der Waals surface area contributed by atoms with Crippen molar-refractivity contribution in [3.63, 3.8) is 0 Å². The molecule has 0 spiro atoms. The number of benzene rings is 2. The number of para-hydroxylation sites is 1. The van der Waals surface area contributed by atoms with Crippen LogP contribution in [0, 0.1) is 10.1 Å². The van der Waals surface area contributed by atoms with Gasteiger partial charge >= 0.3 is 6.18 Å². The van der Waals surface area contributed by atoms with Crippen molar-refractivity contribution in [2.24, 2.45) is 0 Å². The van der Waals surface area contributed by atoms with Gasteiger partial charge in [-0.3, -0.25) is 10.1 Å². The lowest BCUT2D eigenvalue weighted by molar-refractivity contribution is -0.384. The van der Waals surface area contributed by atoms with E-state index in [2.05, 4.69) is 5.32 Å². The summed E-state index contributed by atoms with van der Waals surface area (Å²) in [6, 6.07) is 8.68. The van der Waals surface area contributed by atoms with Crippen LogP contribution in [0.4, 0.5) is 30.2 Å². The minimum absolute atomic E-state index is 0.0684. The van der Waals surface area contributed by atoms with Gasteiger partial charge in [-0.15, -0.1) is 0 Å². The molecule has 0 fully saturated rings. The Morgan fingerprint density at radius 1 is 1.10 bits per heavy atom. The highest BCUT2D eigenvalue weighted by atomic mass is 35.5. The van der Waals surface area contributed by atoms with Crippen molar-refractivity contribution in [3.05, 3.63) is 63.2 Å². The van der Waals surface area contributed by atoms with E-state index < -0.39 is 22.4 Å². The molecule has 0 saturated heterocycles. The number of hydrogen-bond donors (Lipinski definition) is 1. The standard InChI is InChI=1S/C13H8ClF3N2O2/c14-9-3-1-2-4-10(9)18-11-6-5-8(13(15,16)17)7-12(11)19(20)21/h1-7,18H. The molecule has 0 bridgehead atoms. The second-order valence-electron chi connectivity index (χ2n) is 4.09. The summed E-state index contributed by atoms with van der Waals surface area (Å²) in [6.07, 6.45) is -4.65. The van der Waals surface area contributed by atoms with Crippen LogP contribution in [0.5, 0.6) is 0 Å². The van der Waals surface area contributed by atoms with E-state index in [0.29, 0.717) is 16.8 Å². The Hall–Kier alpha value is -2.28. The Morgan fingerprint density at radius 3 is 2.33 bits per heavy atom. The Kier molecular flexibility index (Phi) is 4.04. The van der Waals surface area contributed by atoms with Crippen molar-refractivity contribution in [2.45, 2.75) is 6.18 Å². The van der Waals surface area contributed by atoms with E-state index in [1.54, 1.807) is 24.3 Å². The summed E-state index contributed by atoms with van der Waals surface area (Å²) in [5, 5.41) is 13.9. The van der Waals surface area contributed by atoms with Crippen molar-refractivity contribution in [1.82, 2.24) is 0 Å². The second-order valence-corrected chi connectivity index (χ2v) is 4.50. The molecule has 2 rings (SSSR count). The van der Waals surface area contributed by atoms with Crippen molar-refractivity contribution >= 4 is 28.7 Å². The van der Waals surface area contributed by atoms with Crippen molar-refractivity contribution in [1.29, 1.82) is 0 Å². The van der Waals surface area contributed by atoms with Crippen LogP contribution in [0.15, 0.2) is 42.5 Å². The highest BCUT2D eigenvalue weighted by Crippen LogP contribution is 2.36. The number of rotatable bonds is 3. The third kappa shape index (κ3) is 3.43. The first kappa shape index (κ1) is 15.1. The monoisotopic (exact) mass is 316 g/mol. The Balaban J connectivity index is 2.45. The van der Waals surface area contributed by atoms with Gasteiger partial charge < -0.3 is 5.32 Å². The summed E-state index contributed by atoms with van der Waals surface area (Å²) in [7, 11) is 0. The first-order chi connectivity index (χ1) is 9.79.